The van der Waals surface area contributed by atoms with Gasteiger partial charge in [-0.25, -0.2) is 10.1 Å². The predicted molar refractivity (Wildman–Crippen MR) is 103 cm³/mol. The van der Waals surface area contributed by atoms with Crippen molar-refractivity contribution in [3.63, 3.8) is 0 Å². The summed E-state index contributed by atoms with van der Waals surface area (Å²) >= 11 is 1.32. The van der Waals surface area contributed by atoms with Crippen LogP contribution in [-0.4, -0.2) is 57.2 Å². The van der Waals surface area contributed by atoms with Gasteiger partial charge in [0.25, 0.3) is 5.91 Å². The Morgan fingerprint density at radius 3 is 3.00 bits per heavy atom. The lowest BCUT2D eigenvalue weighted by atomic mass is 10.3. The number of nitrogens with two attached hydrogens (primary N) is 1. The van der Waals surface area contributed by atoms with Crippen molar-refractivity contribution in [2.45, 2.75) is 10.9 Å². The van der Waals surface area contributed by atoms with E-state index >= 15 is 0 Å². The topological polar surface area (TPSA) is 181 Å². The molecule has 0 aliphatic carbocycles. The summed E-state index contributed by atoms with van der Waals surface area (Å²) < 4.78 is 7.66. The summed E-state index contributed by atoms with van der Waals surface area (Å²) in [4.78, 5) is 16.6. The molecule has 0 unspecified atom stereocenters. The second-order valence-corrected chi connectivity index (χ2v) is 6.71. The van der Waals surface area contributed by atoms with Crippen molar-refractivity contribution >= 4 is 29.7 Å². The highest BCUT2D eigenvalue weighted by Crippen LogP contribution is 2.24. The first-order valence-electron chi connectivity index (χ1n) is 8.36. The van der Waals surface area contributed by atoms with Gasteiger partial charge in [0.2, 0.25) is 11.6 Å². The van der Waals surface area contributed by atoms with Crippen LogP contribution in [0.3, 0.4) is 0 Å². The summed E-state index contributed by atoms with van der Waals surface area (Å²) in [5.74, 6) is -0.175. The second-order valence-electron chi connectivity index (χ2n) is 5.77. The number of aromatic nitrogens is 9. The zero-order chi connectivity index (χ0) is 20.9. The molecule has 152 valence electrons. The van der Waals surface area contributed by atoms with Crippen LogP contribution in [0.5, 0.6) is 0 Å². The summed E-state index contributed by atoms with van der Waals surface area (Å²) in [6.45, 7) is 0. The van der Waals surface area contributed by atoms with Gasteiger partial charge in [-0.1, -0.05) is 23.0 Å². The van der Waals surface area contributed by atoms with E-state index in [1.54, 1.807) is 42.5 Å². The zero-order valence-corrected chi connectivity index (χ0v) is 16.3. The Hall–Kier alpha value is -4.14. The number of anilines is 1. The number of nitrogens with one attached hydrogen (secondary N) is 1. The maximum Gasteiger partial charge on any atom is 0.293 e. The van der Waals surface area contributed by atoms with Crippen molar-refractivity contribution in [1.82, 2.24) is 50.5 Å². The van der Waals surface area contributed by atoms with E-state index in [4.69, 9.17) is 5.73 Å². The first kappa shape index (κ1) is 19.2. The fourth-order valence-corrected chi connectivity index (χ4v) is 3.20. The Kier molecular flexibility index (Phi) is 5.42. The summed E-state index contributed by atoms with van der Waals surface area (Å²) in [6, 6.07) is 3.55. The van der Waals surface area contributed by atoms with Gasteiger partial charge in [-0.2, -0.15) is 9.78 Å². The van der Waals surface area contributed by atoms with Crippen molar-refractivity contribution in [3.05, 3.63) is 47.8 Å². The molecule has 15 heteroatoms. The number of hydrogen-bond donors (Lipinski definition) is 2. The molecule has 0 fully saturated rings. The number of amides is 1. The van der Waals surface area contributed by atoms with Crippen LogP contribution < -0.4 is 11.2 Å². The third-order valence-electron chi connectivity index (χ3n) is 3.75. The van der Waals surface area contributed by atoms with E-state index in [1.165, 1.54) is 22.7 Å². The van der Waals surface area contributed by atoms with Gasteiger partial charge >= 0.3 is 0 Å². The lowest BCUT2D eigenvalue weighted by molar-refractivity contribution is 0.0949. The van der Waals surface area contributed by atoms with Crippen LogP contribution in [0.25, 0.3) is 5.82 Å². The van der Waals surface area contributed by atoms with E-state index in [2.05, 4.69) is 51.0 Å². The molecule has 4 heterocycles. The minimum absolute atomic E-state index is 0.00589. The normalized spacial score (nSPS) is 11.2. The average Bonchev–Trinajstić information content (AvgIpc) is 3.46. The van der Waals surface area contributed by atoms with Crippen LogP contribution in [0.2, 0.25) is 0 Å². The van der Waals surface area contributed by atoms with Crippen LogP contribution in [-0.2, 0) is 12.8 Å². The molecule has 0 aromatic carbocycles. The molecule has 0 aliphatic rings. The molecular weight excluding hydrogens is 412 g/mol. The van der Waals surface area contributed by atoms with Gasteiger partial charge in [0.05, 0.1) is 11.9 Å². The number of nitrogens with zero attached hydrogens (tertiary/aromatic N) is 10. The number of aryl methyl sites for hydroxylation is 1. The van der Waals surface area contributed by atoms with Crippen molar-refractivity contribution in [2.24, 2.45) is 12.1 Å². The second kappa shape index (κ2) is 8.48. The molecular formula is C15H14N12O2S. The number of hydrazone groups is 1. The molecule has 0 spiro atoms. The van der Waals surface area contributed by atoms with Crippen molar-refractivity contribution in [2.75, 3.05) is 5.73 Å². The minimum atomic E-state index is -0.565. The SMILES string of the molecule is Cn1cnnc1SCc1c(C(=O)N/N=C/c2cccnc2)nnn1-c1nonc1N. The van der Waals surface area contributed by atoms with E-state index in [-0.39, 0.29) is 23.1 Å². The number of carbonyl (C=O) groups is 1. The van der Waals surface area contributed by atoms with Gasteiger partial charge in [-0.15, -0.1) is 15.3 Å². The van der Waals surface area contributed by atoms with E-state index in [0.29, 0.717) is 10.9 Å². The Bertz CT molecular complexity index is 1180. The monoisotopic (exact) mass is 426 g/mol. The zero-order valence-electron chi connectivity index (χ0n) is 15.4. The maximum absolute atomic E-state index is 12.7. The highest BCUT2D eigenvalue weighted by molar-refractivity contribution is 7.98. The smallest absolute Gasteiger partial charge is 0.293 e. The molecule has 3 N–H and O–H groups in total. The highest BCUT2D eigenvalue weighted by Gasteiger charge is 2.24. The van der Waals surface area contributed by atoms with Crippen LogP contribution >= 0.6 is 11.8 Å². The van der Waals surface area contributed by atoms with Gasteiger partial charge in [0, 0.05) is 30.8 Å². The summed E-state index contributed by atoms with van der Waals surface area (Å²) in [7, 11) is 1.80. The summed E-state index contributed by atoms with van der Waals surface area (Å²) in [5, 5.41) is 27.6. The highest BCUT2D eigenvalue weighted by atomic mass is 32.2. The van der Waals surface area contributed by atoms with Gasteiger partial charge < -0.3 is 10.3 Å². The standard InChI is InChI=1S/C15H14N12O2S/c1-26-8-19-22-15(26)30-7-10-11(20-25-27(10)13-12(16)23-29-24-13)14(28)21-18-6-9-3-2-4-17-5-9/h2-6,8H,7H2,1H3,(H2,16,23)(H,21,28)/b18-6+. The molecule has 4 aromatic rings. The Labute approximate surface area is 172 Å². The molecule has 1 amide bonds. The number of thioether (sulfide) groups is 1. The predicted octanol–water partition coefficient (Wildman–Crippen LogP) is -0.188. The minimum Gasteiger partial charge on any atom is -0.378 e. The largest absolute Gasteiger partial charge is 0.378 e. The molecule has 30 heavy (non-hydrogen) atoms. The first-order valence-corrected chi connectivity index (χ1v) is 9.35. The van der Waals surface area contributed by atoms with E-state index in [1.807, 2.05) is 0 Å². The Balaban J connectivity index is 1.59. The van der Waals surface area contributed by atoms with E-state index in [9.17, 15) is 4.79 Å². The number of pyridine rings is 1. The third-order valence-corrected chi connectivity index (χ3v) is 4.79. The van der Waals surface area contributed by atoms with Gasteiger partial charge in [0.1, 0.15) is 6.33 Å². The summed E-state index contributed by atoms with van der Waals surface area (Å²) in [6.07, 6.45) is 6.27. The molecule has 0 saturated heterocycles. The average molecular weight is 426 g/mol. The molecule has 0 saturated carbocycles. The third kappa shape index (κ3) is 4.00. The lowest BCUT2D eigenvalue weighted by Crippen LogP contribution is -2.20. The maximum atomic E-state index is 12.7. The molecule has 14 nitrogen and oxygen atoms in total. The van der Waals surface area contributed by atoms with Crippen LogP contribution in [0.1, 0.15) is 21.7 Å². The number of rotatable bonds is 7. The number of hydrogen-bond acceptors (Lipinski definition) is 12. The van der Waals surface area contributed by atoms with Crippen molar-refractivity contribution in [1.29, 1.82) is 0 Å². The first-order chi connectivity index (χ1) is 14.6. The number of nitrogen functional groups attached to an aromatic ring is 1. The van der Waals surface area contributed by atoms with Gasteiger partial charge in [-0.3, -0.25) is 9.78 Å². The molecule has 0 atom stereocenters. The quantitative estimate of drug-likeness (QED) is 0.227. The van der Waals surface area contributed by atoms with Gasteiger partial charge in [-0.05, 0) is 16.4 Å². The Morgan fingerprint density at radius 2 is 2.30 bits per heavy atom. The molecule has 0 radical (unpaired) electrons. The fourth-order valence-electron chi connectivity index (χ4n) is 2.32. The van der Waals surface area contributed by atoms with Crippen molar-refractivity contribution in [3.8, 4) is 5.82 Å². The fraction of sp³-hybridized carbons (Fsp3) is 0.133. The van der Waals surface area contributed by atoms with Crippen LogP contribution in [0.15, 0.2) is 45.7 Å². The summed E-state index contributed by atoms with van der Waals surface area (Å²) in [5.41, 5.74) is 9.35. The number of carbonyl (C=O) groups excluding carboxylic acids is 1. The van der Waals surface area contributed by atoms with Gasteiger partial charge in [0.15, 0.2) is 10.9 Å². The van der Waals surface area contributed by atoms with Crippen LogP contribution in [0.4, 0.5) is 5.82 Å². The van der Waals surface area contributed by atoms with E-state index in [0.717, 1.165) is 5.56 Å². The van der Waals surface area contributed by atoms with E-state index < -0.39 is 5.91 Å². The Morgan fingerprint density at radius 1 is 1.40 bits per heavy atom. The molecule has 0 bridgehead atoms. The lowest BCUT2D eigenvalue weighted by Gasteiger charge is -2.05. The molecule has 0 aliphatic heterocycles. The molecule has 4 rings (SSSR count). The van der Waals surface area contributed by atoms with Crippen LogP contribution in [0, 0.1) is 0 Å². The van der Waals surface area contributed by atoms with Crippen molar-refractivity contribution < 1.29 is 9.42 Å². The molecule has 4 aromatic heterocycles.